The maximum Gasteiger partial charge on any atom is 2.00 e. The zero-order valence-corrected chi connectivity index (χ0v) is 19.9. The summed E-state index contributed by atoms with van der Waals surface area (Å²) in [5, 5.41) is 0. The van der Waals surface area contributed by atoms with Gasteiger partial charge in [-0.2, -0.15) is 26.3 Å². The van der Waals surface area contributed by atoms with Crippen LogP contribution in [-0.2, 0) is 49.6 Å². The molecule has 0 saturated carbocycles. The standard InChI is InChI=1S/C7H10O2.2CHF3O3S.5H3N.Os/c8-7-3-1-5-9-6-2-4-7;2*2-1(3,4)8(5,6)7;;;;;;/h1,5H,2-4,6H2;2*(H,5,6,7);5*1H3;/q;;;;;;;;+2/p-2/b5-1-;;;;;;;;. The fourth-order valence-corrected chi connectivity index (χ4v) is 0.770. The molecule has 1 aliphatic heterocycles. The Hall–Kier alpha value is -0.954. The van der Waals surface area contributed by atoms with Crippen molar-refractivity contribution in [3.05, 3.63) is 12.3 Å². The Labute approximate surface area is 187 Å². The van der Waals surface area contributed by atoms with E-state index in [-0.39, 0.29) is 50.5 Å². The Balaban J connectivity index is -0.0000000390. The molecule has 0 bridgehead atoms. The minimum Gasteiger partial charge on any atom is -0.741 e. The summed E-state index contributed by atoms with van der Waals surface area (Å²) < 4.78 is 123. The number of carbonyl (C=O) groups excluding carboxylic acids is 1. The van der Waals surface area contributed by atoms with E-state index in [9.17, 15) is 31.1 Å². The molecular formula is C9H25F6N5O8OsS2. The first-order chi connectivity index (χ1) is 10.9. The van der Waals surface area contributed by atoms with E-state index in [1.165, 1.54) is 0 Å². The molecule has 0 aromatic rings. The summed E-state index contributed by atoms with van der Waals surface area (Å²) in [5.41, 5.74) is -11.3. The first-order valence-corrected chi connectivity index (χ1v) is 8.54. The van der Waals surface area contributed by atoms with Crippen LogP contribution in [0.1, 0.15) is 19.3 Å². The van der Waals surface area contributed by atoms with Crippen LogP contribution in [0.3, 0.4) is 0 Å². The van der Waals surface area contributed by atoms with Gasteiger partial charge in [0.05, 0.1) is 12.9 Å². The monoisotopic (exact) mass is 701 g/mol. The van der Waals surface area contributed by atoms with Gasteiger partial charge in [0.2, 0.25) is 0 Å². The third-order valence-corrected chi connectivity index (χ3v) is 2.96. The molecule has 15 N–H and O–H groups in total. The van der Waals surface area contributed by atoms with E-state index < -0.39 is 31.3 Å². The molecule has 0 amide bonds. The molecule has 0 atom stereocenters. The summed E-state index contributed by atoms with van der Waals surface area (Å²) >= 11 is 0. The van der Waals surface area contributed by atoms with Gasteiger partial charge in [-0.25, -0.2) is 16.8 Å². The molecule has 0 saturated heterocycles. The zero-order valence-electron chi connectivity index (χ0n) is 15.7. The maximum atomic E-state index is 10.7. The quantitative estimate of drug-likeness (QED) is 0.138. The largest absolute Gasteiger partial charge is 2.00 e. The number of hydrogen-bond donors (Lipinski definition) is 5. The average Bonchev–Trinajstić information content (AvgIpc) is 2.30. The summed E-state index contributed by atoms with van der Waals surface area (Å²) in [6.07, 6.45) is 5.45. The van der Waals surface area contributed by atoms with Crippen molar-refractivity contribution >= 4 is 26.0 Å². The number of Topliss-reactive ketones (excluding diaryl/α,β-unsaturated/α-hetero) is 1. The number of halogens is 6. The Morgan fingerprint density at radius 3 is 1.35 bits per heavy atom. The molecule has 0 fully saturated rings. The zero-order chi connectivity index (χ0) is 20.5. The van der Waals surface area contributed by atoms with Crippen molar-refractivity contribution in [2.45, 2.75) is 30.3 Å². The number of ether oxygens (including phenoxy) is 1. The van der Waals surface area contributed by atoms with Gasteiger partial charge in [0.15, 0.2) is 20.2 Å². The number of hydrogen-bond acceptors (Lipinski definition) is 13. The Morgan fingerprint density at radius 2 is 1.10 bits per heavy atom. The molecule has 31 heavy (non-hydrogen) atoms. The molecule has 0 aromatic heterocycles. The van der Waals surface area contributed by atoms with Gasteiger partial charge in [-0.15, -0.1) is 0 Å². The van der Waals surface area contributed by atoms with E-state index in [0.717, 1.165) is 6.42 Å². The number of allylic oxidation sites excluding steroid dienone is 1. The predicted molar refractivity (Wildman–Crippen MR) is 90.6 cm³/mol. The Morgan fingerprint density at radius 1 is 0.806 bits per heavy atom. The van der Waals surface area contributed by atoms with E-state index in [0.29, 0.717) is 25.2 Å². The van der Waals surface area contributed by atoms with E-state index in [1.807, 2.05) is 0 Å². The van der Waals surface area contributed by atoms with E-state index in [2.05, 4.69) is 0 Å². The van der Waals surface area contributed by atoms with Crippen LogP contribution in [0.15, 0.2) is 12.3 Å². The van der Waals surface area contributed by atoms with E-state index in [4.69, 9.17) is 30.7 Å². The number of rotatable bonds is 0. The minimum atomic E-state index is -6.09. The summed E-state index contributed by atoms with van der Waals surface area (Å²) in [6.45, 7) is 0.683. The fourth-order valence-electron chi connectivity index (χ4n) is 0.770. The number of ketones is 1. The minimum absolute atomic E-state index is 0. The number of alkyl halides is 6. The van der Waals surface area contributed by atoms with Crippen LogP contribution in [0.25, 0.3) is 0 Å². The average molecular weight is 700 g/mol. The first kappa shape index (κ1) is 52.2. The second kappa shape index (κ2) is 20.9. The second-order valence-corrected chi connectivity index (χ2v) is 6.63. The molecule has 196 valence electrons. The third-order valence-electron chi connectivity index (χ3n) is 1.82. The normalized spacial score (nSPS) is 14.1. The summed E-state index contributed by atoms with van der Waals surface area (Å²) in [7, 11) is -12.2. The first-order valence-electron chi connectivity index (χ1n) is 5.72. The van der Waals surface area contributed by atoms with Crippen molar-refractivity contribution < 1.29 is 81.6 Å². The van der Waals surface area contributed by atoms with Crippen molar-refractivity contribution in [1.29, 1.82) is 0 Å². The van der Waals surface area contributed by atoms with Crippen LogP contribution in [0.2, 0.25) is 0 Å². The SMILES string of the molecule is N.N.N.N.N.O=C1C/C=C\OCCC1.O=S(=O)([O-])C(F)(F)F.O=S(=O)([O-])C(F)(F)F.[Os+2]. The molecule has 0 spiro atoms. The Kier molecular flexibility index (Phi) is 35.2. The van der Waals surface area contributed by atoms with Gasteiger partial charge in [-0.05, 0) is 12.5 Å². The predicted octanol–water partition coefficient (Wildman–Crippen LogP) is 2.18. The van der Waals surface area contributed by atoms with Crippen LogP contribution in [0.4, 0.5) is 26.3 Å². The second-order valence-electron chi connectivity index (χ2n) is 3.89. The van der Waals surface area contributed by atoms with Gasteiger partial charge in [-0.1, -0.05) is 0 Å². The van der Waals surface area contributed by atoms with Gasteiger partial charge in [0, 0.05) is 12.8 Å². The molecule has 0 radical (unpaired) electrons. The fraction of sp³-hybridized carbons (Fsp3) is 0.667. The smallest absolute Gasteiger partial charge is 0.741 e. The van der Waals surface area contributed by atoms with E-state index >= 15 is 0 Å². The van der Waals surface area contributed by atoms with Crippen LogP contribution >= 0.6 is 0 Å². The van der Waals surface area contributed by atoms with Crippen molar-refractivity contribution in [2.24, 2.45) is 0 Å². The van der Waals surface area contributed by atoms with Gasteiger partial charge < -0.3 is 44.6 Å². The third kappa shape index (κ3) is 29.0. The van der Waals surface area contributed by atoms with Crippen molar-refractivity contribution in [3.8, 4) is 0 Å². The number of carbonyl (C=O) groups is 1. The van der Waals surface area contributed by atoms with Crippen LogP contribution in [0, 0.1) is 0 Å². The van der Waals surface area contributed by atoms with Crippen molar-refractivity contribution in [3.63, 3.8) is 0 Å². The molecule has 0 unspecified atom stereocenters. The van der Waals surface area contributed by atoms with Gasteiger partial charge in [0.25, 0.3) is 0 Å². The summed E-state index contributed by atoms with van der Waals surface area (Å²) in [5.74, 6) is 0.314. The van der Waals surface area contributed by atoms with Crippen LogP contribution in [0.5, 0.6) is 0 Å². The molecule has 1 rings (SSSR count). The molecule has 0 aliphatic carbocycles. The molecule has 22 heteroatoms. The maximum absolute atomic E-state index is 10.7. The van der Waals surface area contributed by atoms with Gasteiger partial charge >= 0.3 is 30.8 Å². The molecule has 1 aliphatic rings. The van der Waals surface area contributed by atoms with E-state index in [1.54, 1.807) is 12.3 Å². The molecule has 0 aromatic carbocycles. The van der Waals surface area contributed by atoms with Crippen molar-refractivity contribution in [2.75, 3.05) is 6.61 Å². The van der Waals surface area contributed by atoms with Crippen LogP contribution < -0.4 is 30.8 Å². The molecule has 13 nitrogen and oxygen atoms in total. The van der Waals surface area contributed by atoms with Gasteiger partial charge in [0.1, 0.15) is 5.78 Å². The Bertz CT molecular complexity index is 630. The van der Waals surface area contributed by atoms with Crippen molar-refractivity contribution in [1.82, 2.24) is 30.8 Å². The van der Waals surface area contributed by atoms with Crippen LogP contribution in [-0.4, -0.2) is 49.3 Å². The molecular weight excluding hydrogens is 674 g/mol. The summed E-state index contributed by atoms with van der Waals surface area (Å²) in [6, 6.07) is 0. The topological polar surface area (TPSA) is 316 Å². The molecule has 1 heterocycles. The summed E-state index contributed by atoms with van der Waals surface area (Å²) in [4.78, 5) is 10.7. The van der Waals surface area contributed by atoms with Gasteiger partial charge in [-0.3, -0.25) is 4.79 Å².